The summed E-state index contributed by atoms with van der Waals surface area (Å²) in [6.45, 7) is 14.9. The van der Waals surface area contributed by atoms with Gasteiger partial charge < -0.3 is 15.2 Å². The standard InChI is InChI=1S/C25H35N9/c1-17(2)33(18(3)4)14-12-27-23-22-24(29-15-28-23)34(19(5)6)25(31-22)30-20-7-9-21(10-8-20)32-13-11-26-16-32/h7-11,13,15-19H,12,14H2,1-6H3,(H,30,31)(H,27,28,29). The smallest absolute Gasteiger partial charge is 0.210 e. The number of benzene rings is 1. The predicted molar refractivity (Wildman–Crippen MR) is 138 cm³/mol. The summed E-state index contributed by atoms with van der Waals surface area (Å²) in [5.41, 5.74) is 3.59. The molecule has 3 heterocycles. The van der Waals surface area contributed by atoms with Gasteiger partial charge in [0, 0.05) is 55.0 Å². The molecule has 4 rings (SSSR count). The highest BCUT2D eigenvalue weighted by molar-refractivity contribution is 5.86. The first-order chi connectivity index (χ1) is 16.3. The van der Waals surface area contributed by atoms with E-state index in [4.69, 9.17) is 4.98 Å². The third-order valence-corrected chi connectivity index (χ3v) is 5.91. The molecule has 0 aliphatic carbocycles. The number of fused-ring (bicyclic) bond motifs is 1. The van der Waals surface area contributed by atoms with Gasteiger partial charge in [0.25, 0.3) is 0 Å². The van der Waals surface area contributed by atoms with Gasteiger partial charge in [-0.1, -0.05) is 0 Å². The van der Waals surface area contributed by atoms with E-state index in [1.807, 2.05) is 35.0 Å². The number of anilines is 3. The Kier molecular flexibility index (Phi) is 7.12. The second-order valence-electron chi connectivity index (χ2n) is 9.29. The van der Waals surface area contributed by atoms with Gasteiger partial charge in [0.2, 0.25) is 5.95 Å². The summed E-state index contributed by atoms with van der Waals surface area (Å²) in [5.74, 6) is 1.50. The van der Waals surface area contributed by atoms with Crippen LogP contribution in [0, 0.1) is 0 Å². The second-order valence-corrected chi connectivity index (χ2v) is 9.29. The number of nitrogens with zero attached hydrogens (tertiary/aromatic N) is 7. The Labute approximate surface area is 201 Å². The van der Waals surface area contributed by atoms with Crippen molar-refractivity contribution < 1.29 is 0 Å². The molecular formula is C25H35N9. The molecule has 0 atom stereocenters. The molecule has 9 heteroatoms. The molecule has 0 aliphatic rings. The Balaban J connectivity index is 1.57. The van der Waals surface area contributed by atoms with Crippen LogP contribution in [0.4, 0.5) is 17.5 Å². The highest BCUT2D eigenvalue weighted by Crippen LogP contribution is 2.28. The van der Waals surface area contributed by atoms with Gasteiger partial charge in [-0.2, -0.15) is 0 Å². The summed E-state index contributed by atoms with van der Waals surface area (Å²) in [6.07, 6.45) is 7.09. The fraction of sp³-hybridized carbons (Fsp3) is 0.440. The van der Waals surface area contributed by atoms with E-state index in [0.717, 1.165) is 47.4 Å². The number of aromatic nitrogens is 6. The van der Waals surface area contributed by atoms with E-state index in [-0.39, 0.29) is 6.04 Å². The first-order valence-corrected chi connectivity index (χ1v) is 11.9. The predicted octanol–water partition coefficient (Wildman–Crippen LogP) is 4.87. The van der Waals surface area contributed by atoms with Crippen LogP contribution in [-0.2, 0) is 0 Å². The van der Waals surface area contributed by atoms with Crippen LogP contribution in [0.25, 0.3) is 16.9 Å². The Morgan fingerprint density at radius 3 is 2.32 bits per heavy atom. The molecule has 1 aromatic carbocycles. The van der Waals surface area contributed by atoms with Gasteiger partial charge in [0.05, 0.1) is 6.33 Å². The van der Waals surface area contributed by atoms with Crippen LogP contribution in [0.15, 0.2) is 49.3 Å². The van der Waals surface area contributed by atoms with Crippen molar-refractivity contribution in [1.29, 1.82) is 0 Å². The lowest BCUT2D eigenvalue weighted by molar-refractivity contribution is 0.182. The molecule has 0 spiro atoms. The minimum Gasteiger partial charge on any atom is -0.367 e. The molecule has 0 aliphatic heterocycles. The molecule has 0 fully saturated rings. The van der Waals surface area contributed by atoms with Crippen LogP contribution >= 0.6 is 0 Å². The first-order valence-electron chi connectivity index (χ1n) is 11.9. The Morgan fingerprint density at radius 2 is 1.71 bits per heavy atom. The molecule has 180 valence electrons. The van der Waals surface area contributed by atoms with Gasteiger partial charge in [-0.15, -0.1) is 0 Å². The summed E-state index contributed by atoms with van der Waals surface area (Å²) in [7, 11) is 0. The van der Waals surface area contributed by atoms with Crippen molar-refractivity contribution in [3.63, 3.8) is 0 Å². The fourth-order valence-electron chi connectivity index (χ4n) is 4.29. The van der Waals surface area contributed by atoms with Gasteiger partial charge in [0.15, 0.2) is 17.0 Å². The summed E-state index contributed by atoms with van der Waals surface area (Å²) in [4.78, 5) is 20.5. The zero-order chi connectivity index (χ0) is 24.2. The zero-order valence-corrected chi connectivity index (χ0v) is 20.9. The third-order valence-electron chi connectivity index (χ3n) is 5.91. The molecule has 2 N–H and O–H groups in total. The average Bonchev–Trinajstić information content (AvgIpc) is 3.45. The molecule has 0 bridgehead atoms. The maximum atomic E-state index is 4.91. The van der Waals surface area contributed by atoms with E-state index in [2.05, 4.69) is 76.6 Å². The molecule has 0 unspecified atom stereocenters. The van der Waals surface area contributed by atoms with Crippen molar-refractivity contribution in [3.05, 3.63) is 49.3 Å². The molecule has 0 amide bonds. The highest BCUT2D eigenvalue weighted by atomic mass is 15.3. The maximum Gasteiger partial charge on any atom is 0.210 e. The van der Waals surface area contributed by atoms with E-state index in [1.54, 1.807) is 18.9 Å². The van der Waals surface area contributed by atoms with Gasteiger partial charge in [0.1, 0.15) is 6.33 Å². The Bertz CT molecular complexity index is 1180. The zero-order valence-electron chi connectivity index (χ0n) is 20.9. The number of nitrogens with one attached hydrogen (secondary N) is 2. The fourth-order valence-corrected chi connectivity index (χ4v) is 4.29. The van der Waals surface area contributed by atoms with Gasteiger partial charge >= 0.3 is 0 Å². The molecule has 4 aromatic rings. The lowest BCUT2D eigenvalue weighted by atomic mass is 10.2. The van der Waals surface area contributed by atoms with Crippen LogP contribution in [0.1, 0.15) is 47.6 Å². The summed E-state index contributed by atoms with van der Waals surface area (Å²) < 4.78 is 4.08. The molecule has 0 saturated carbocycles. The van der Waals surface area contributed by atoms with Crippen LogP contribution in [-0.4, -0.2) is 59.1 Å². The summed E-state index contributed by atoms with van der Waals surface area (Å²) in [6, 6.07) is 9.33. The normalized spacial score (nSPS) is 11.9. The number of hydrogen-bond acceptors (Lipinski definition) is 7. The minimum atomic E-state index is 0.179. The van der Waals surface area contributed by atoms with Crippen molar-refractivity contribution in [3.8, 4) is 5.69 Å². The summed E-state index contributed by atoms with van der Waals surface area (Å²) in [5, 5.41) is 6.96. The average molecular weight is 462 g/mol. The number of rotatable bonds is 10. The molecule has 9 nitrogen and oxygen atoms in total. The lowest BCUT2D eigenvalue weighted by Gasteiger charge is -2.30. The molecule has 0 radical (unpaired) electrons. The highest BCUT2D eigenvalue weighted by Gasteiger charge is 2.19. The maximum absolute atomic E-state index is 4.91. The third kappa shape index (κ3) is 5.04. The molecule has 3 aromatic heterocycles. The number of hydrogen-bond donors (Lipinski definition) is 2. The molecule has 0 saturated heterocycles. The Morgan fingerprint density at radius 1 is 0.971 bits per heavy atom. The first kappa shape index (κ1) is 23.7. The van der Waals surface area contributed by atoms with Crippen molar-refractivity contribution in [1.82, 2.24) is 34.0 Å². The van der Waals surface area contributed by atoms with E-state index >= 15 is 0 Å². The van der Waals surface area contributed by atoms with Gasteiger partial charge in [-0.25, -0.2) is 19.9 Å². The van der Waals surface area contributed by atoms with Crippen LogP contribution in [0.5, 0.6) is 0 Å². The minimum absolute atomic E-state index is 0.179. The second kappa shape index (κ2) is 10.2. The monoisotopic (exact) mass is 461 g/mol. The summed E-state index contributed by atoms with van der Waals surface area (Å²) >= 11 is 0. The topological polar surface area (TPSA) is 88.7 Å². The molecular weight excluding hydrogens is 426 g/mol. The van der Waals surface area contributed by atoms with Crippen LogP contribution < -0.4 is 10.6 Å². The van der Waals surface area contributed by atoms with Crippen LogP contribution in [0.3, 0.4) is 0 Å². The van der Waals surface area contributed by atoms with E-state index in [0.29, 0.717) is 12.1 Å². The SMILES string of the molecule is CC(C)N(CCNc1ncnc2c1nc(Nc1ccc(-n3ccnc3)cc1)n2C(C)C)C(C)C. The molecule has 34 heavy (non-hydrogen) atoms. The van der Waals surface area contributed by atoms with Crippen LogP contribution in [0.2, 0.25) is 0 Å². The van der Waals surface area contributed by atoms with E-state index < -0.39 is 0 Å². The largest absolute Gasteiger partial charge is 0.367 e. The quantitative estimate of drug-likeness (QED) is 0.348. The van der Waals surface area contributed by atoms with E-state index in [1.165, 1.54) is 0 Å². The van der Waals surface area contributed by atoms with Crippen molar-refractivity contribution in [2.75, 3.05) is 23.7 Å². The van der Waals surface area contributed by atoms with Gasteiger partial charge in [-0.05, 0) is 65.8 Å². The Hall–Kier alpha value is -3.46. The number of imidazole rings is 2. The van der Waals surface area contributed by atoms with Crippen molar-refractivity contribution in [2.24, 2.45) is 0 Å². The lowest BCUT2D eigenvalue weighted by Crippen LogP contribution is -2.40. The van der Waals surface area contributed by atoms with Crippen molar-refractivity contribution in [2.45, 2.75) is 59.7 Å². The van der Waals surface area contributed by atoms with Crippen molar-refractivity contribution >= 4 is 28.6 Å². The van der Waals surface area contributed by atoms with Gasteiger partial charge in [-0.3, -0.25) is 9.47 Å². The van der Waals surface area contributed by atoms with E-state index in [9.17, 15) is 0 Å².